The van der Waals surface area contributed by atoms with Crippen LogP contribution in [0.5, 0.6) is 0 Å². The molecule has 23 heavy (non-hydrogen) atoms. The lowest BCUT2D eigenvalue weighted by molar-refractivity contribution is -0.162. The van der Waals surface area contributed by atoms with Gasteiger partial charge in [0.15, 0.2) is 0 Å². The molecular weight excluding hydrogens is 332 g/mol. The van der Waals surface area contributed by atoms with Gasteiger partial charge in [-0.05, 0) is 24.6 Å². The first-order chi connectivity index (χ1) is 10.6. The third kappa shape index (κ3) is 2.73. The van der Waals surface area contributed by atoms with Gasteiger partial charge in [0.1, 0.15) is 22.1 Å². The number of sulfonamides is 1. The number of aliphatic carboxylic acids is 1. The van der Waals surface area contributed by atoms with Crippen LogP contribution in [0.2, 0.25) is 0 Å². The minimum Gasteiger partial charge on any atom is -0.480 e. The van der Waals surface area contributed by atoms with Crippen LogP contribution < -0.4 is 0 Å². The molecule has 0 heterocycles. The van der Waals surface area contributed by atoms with E-state index in [2.05, 4.69) is 0 Å². The van der Waals surface area contributed by atoms with Crippen molar-refractivity contribution < 1.29 is 31.8 Å². The van der Waals surface area contributed by atoms with Crippen molar-refractivity contribution in [1.29, 1.82) is 0 Å². The number of halogens is 2. The SMILES string of the molecule is COC1CC(C(=O)O)(N(C)S(=O)(=O)c2cc(F)c(C)cc2F)C1. The molecule has 0 aliphatic heterocycles. The molecule has 0 unspecified atom stereocenters. The largest absolute Gasteiger partial charge is 0.480 e. The van der Waals surface area contributed by atoms with Gasteiger partial charge in [-0.25, -0.2) is 17.2 Å². The number of likely N-dealkylation sites (N-methyl/N-ethyl adjacent to an activating group) is 1. The van der Waals surface area contributed by atoms with Crippen molar-refractivity contribution in [3.8, 4) is 0 Å². The Morgan fingerprint density at radius 3 is 2.39 bits per heavy atom. The molecule has 1 aromatic carbocycles. The van der Waals surface area contributed by atoms with Crippen LogP contribution in [0.4, 0.5) is 8.78 Å². The summed E-state index contributed by atoms with van der Waals surface area (Å²) in [6, 6.07) is 1.33. The number of aryl methyl sites for hydroxylation is 1. The number of carboxylic acid groups (broad SMARTS) is 1. The first kappa shape index (κ1) is 17.8. The maximum atomic E-state index is 14.0. The normalized spacial score (nSPS) is 24.5. The van der Waals surface area contributed by atoms with Gasteiger partial charge < -0.3 is 9.84 Å². The van der Waals surface area contributed by atoms with Crippen molar-refractivity contribution >= 4 is 16.0 Å². The third-order valence-electron chi connectivity index (χ3n) is 4.32. The Kier molecular flexibility index (Phi) is 4.49. The molecule has 1 fully saturated rings. The topological polar surface area (TPSA) is 83.9 Å². The van der Waals surface area contributed by atoms with Crippen LogP contribution in [0.25, 0.3) is 0 Å². The molecule has 1 aliphatic rings. The van der Waals surface area contributed by atoms with Crippen LogP contribution >= 0.6 is 0 Å². The number of hydrogen-bond donors (Lipinski definition) is 1. The van der Waals surface area contributed by atoms with Gasteiger partial charge in [0.25, 0.3) is 0 Å². The molecule has 1 N–H and O–H groups in total. The fourth-order valence-electron chi connectivity index (χ4n) is 2.63. The molecule has 0 atom stereocenters. The first-order valence-corrected chi connectivity index (χ1v) is 8.21. The number of rotatable bonds is 5. The van der Waals surface area contributed by atoms with Crippen LogP contribution in [0.15, 0.2) is 17.0 Å². The van der Waals surface area contributed by atoms with E-state index in [9.17, 15) is 27.1 Å². The van der Waals surface area contributed by atoms with Gasteiger partial charge in [-0.15, -0.1) is 0 Å². The zero-order valence-electron chi connectivity index (χ0n) is 12.8. The third-order valence-corrected chi connectivity index (χ3v) is 6.26. The number of benzene rings is 1. The van der Waals surface area contributed by atoms with Crippen molar-refractivity contribution in [2.45, 2.75) is 36.3 Å². The smallest absolute Gasteiger partial charge is 0.325 e. The van der Waals surface area contributed by atoms with Crippen LogP contribution in [-0.4, -0.2) is 49.6 Å². The van der Waals surface area contributed by atoms with Crippen LogP contribution in [0.1, 0.15) is 18.4 Å². The highest BCUT2D eigenvalue weighted by Crippen LogP contribution is 2.42. The molecule has 9 heteroatoms. The molecule has 1 aliphatic carbocycles. The molecular formula is C14H17F2NO5S. The minimum atomic E-state index is -4.52. The molecule has 0 spiro atoms. The molecule has 0 aromatic heterocycles. The maximum absolute atomic E-state index is 14.0. The summed E-state index contributed by atoms with van der Waals surface area (Å²) in [4.78, 5) is 10.7. The zero-order chi connectivity index (χ0) is 17.6. The first-order valence-electron chi connectivity index (χ1n) is 6.77. The lowest BCUT2D eigenvalue weighted by Gasteiger charge is -2.47. The number of ether oxygens (including phenoxy) is 1. The van der Waals surface area contributed by atoms with E-state index < -0.39 is 44.2 Å². The Bertz CT molecular complexity index is 744. The van der Waals surface area contributed by atoms with Crippen molar-refractivity contribution in [3.63, 3.8) is 0 Å². The Hall–Kier alpha value is -1.58. The van der Waals surface area contributed by atoms with Crippen molar-refractivity contribution in [3.05, 3.63) is 29.3 Å². The van der Waals surface area contributed by atoms with E-state index in [0.717, 1.165) is 13.1 Å². The van der Waals surface area contributed by atoms with Crippen LogP contribution in [-0.2, 0) is 19.6 Å². The van der Waals surface area contributed by atoms with E-state index in [0.29, 0.717) is 10.4 Å². The Morgan fingerprint density at radius 2 is 1.91 bits per heavy atom. The average Bonchev–Trinajstić information content (AvgIpc) is 2.41. The predicted molar refractivity (Wildman–Crippen MR) is 76.4 cm³/mol. The average molecular weight is 349 g/mol. The molecule has 0 saturated heterocycles. The predicted octanol–water partition coefficient (Wildman–Crippen LogP) is 1.53. The molecule has 0 bridgehead atoms. The number of hydrogen-bond acceptors (Lipinski definition) is 4. The van der Waals surface area contributed by atoms with E-state index in [1.54, 1.807) is 0 Å². The monoisotopic (exact) mass is 349 g/mol. The van der Waals surface area contributed by atoms with Crippen molar-refractivity contribution in [1.82, 2.24) is 4.31 Å². The molecule has 128 valence electrons. The summed E-state index contributed by atoms with van der Waals surface area (Å²) in [7, 11) is -2.09. The standard InChI is InChI=1S/C14H17F2NO5S/c1-8-4-11(16)12(5-10(8)15)23(20,21)17(2)14(13(18)19)6-9(7-14)22-3/h4-5,9H,6-7H2,1-3H3,(H,18,19). The van der Waals surface area contributed by atoms with E-state index in [1.165, 1.54) is 14.0 Å². The van der Waals surface area contributed by atoms with Gasteiger partial charge in [-0.3, -0.25) is 4.79 Å². The highest BCUT2D eigenvalue weighted by molar-refractivity contribution is 7.89. The highest BCUT2D eigenvalue weighted by Gasteiger charge is 2.57. The van der Waals surface area contributed by atoms with E-state index >= 15 is 0 Å². The van der Waals surface area contributed by atoms with Crippen LogP contribution in [0, 0.1) is 18.6 Å². The summed E-state index contributed by atoms with van der Waals surface area (Å²) in [5.74, 6) is -3.37. The summed E-state index contributed by atoms with van der Waals surface area (Å²) in [5.41, 5.74) is -1.77. The summed E-state index contributed by atoms with van der Waals surface area (Å²) in [6.45, 7) is 1.30. The van der Waals surface area contributed by atoms with Gasteiger partial charge in [0, 0.05) is 27.0 Å². The summed E-state index contributed by atoms with van der Waals surface area (Å²) in [6.07, 6.45) is -0.530. The fraction of sp³-hybridized carbons (Fsp3) is 0.500. The van der Waals surface area contributed by atoms with Gasteiger partial charge in [-0.1, -0.05) is 0 Å². The Balaban J connectivity index is 2.47. The minimum absolute atomic E-state index is 0.0415. The summed E-state index contributed by atoms with van der Waals surface area (Å²) < 4.78 is 58.4. The molecule has 6 nitrogen and oxygen atoms in total. The highest BCUT2D eigenvalue weighted by atomic mass is 32.2. The molecule has 2 rings (SSSR count). The van der Waals surface area contributed by atoms with E-state index in [4.69, 9.17) is 4.74 Å². The second-order valence-electron chi connectivity index (χ2n) is 5.61. The number of carboxylic acids is 1. The van der Waals surface area contributed by atoms with Gasteiger partial charge in [0.05, 0.1) is 6.10 Å². The maximum Gasteiger partial charge on any atom is 0.325 e. The van der Waals surface area contributed by atoms with E-state index in [-0.39, 0.29) is 18.4 Å². The number of nitrogens with zero attached hydrogens (tertiary/aromatic N) is 1. The zero-order valence-corrected chi connectivity index (χ0v) is 13.7. The van der Waals surface area contributed by atoms with Gasteiger partial charge in [0.2, 0.25) is 10.0 Å². The summed E-state index contributed by atoms with van der Waals surface area (Å²) in [5, 5.41) is 9.42. The molecule has 0 amide bonds. The van der Waals surface area contributed by atoms with Gasteiger partial charge >= 0.3 is 5.97 Å². The van der Waals surface area contributed by atoms with Crippen LogP contribution in [0.3, 0.4) is 0 Å². The van der Waals surface area contributed by atoms with Crippen molar-refractivity contribution in [2.75, 3.05) is 14.2 Å². The second-order valence-corrected chi connectivity index (χ2v) is 7.54. The quantitative estimate of drug-likeness (QED) is 0.871. The molecule has 0 radical (unpaired) electrons. The van der Waals surface area contributed by atoms with Gasteiger partial charge in [-0.2, -0.15) is 4.31 Å². The number of methoxy groups -OCH3 is 1. The van der Waals surface area contributed by atoms with Crippen molar-refractivity contribution in [2.24, 2.45) is 0 Å². The lowest BCUT2D eigenvalue weighted by Crippen LogP contribution is -2.64. The fourth-order valence-corrected chi connectivity index (χ4v) is 4.17. The number of carbonyl (C=O) groups is 1. The molecule has 1 aromatic rings. The van der Waals surface area contributed by atoms with E-state index in [1.807, 2.05) is 0 Å². The Morgan fingerprint density at radius 1 is 1.35 bits per heavy atom. The lowest BCUT2D eigenvalue weighted by atomic mass is 9.74. The Labute approximate surface area is 132 Å². The molecule has 1 saturated carbocycles. The second kappa shape index (κ2) is 5.81. The summed E-state index contributed by atoms with van der Waals surface area (Å²) >= 11 is 0.